The number of likely N-dealkylation sites (N-methyl/N-ethyl adjacent to an activating group) is 1. The number of rotatable bonds is 6. The highest BCUT2D eigenvalue weighted by atomic mass is 35.5. The highest BCUT2D eigenvalue weighted by Crippen LogP contribution is 2.26. The van der Waals surface area contributed by atoms with Crippen molar-refractivity contribution < 1.29 is 9.53 Å². The van der Waals surface area contributed by atoms with Crippen molar-refractivity contribution in [3.63, 3.8) is 0 Å². The monoisotopic (exact) mass is 386 g/mol. The molecule has 0 saturated carbocycles. The Morgan fingerprint density at radius 3 is 2.46 bits per heavy atom. The molecule has 2 aromatic rings. The summed E-state index contributed by atoms with van der Waals surface area (Å²) in [5.41, 5.74) is 1.43. The van der Waals surface area contributed by atoms with Gasteiger partial charge < -0.3 is 10.1 Å². The van der Waals surface area contributed by atoms with Gasteiger partial charge in [0.1, 0.15) is 5.75 Å². The summed E-state index contributed by atoms with van der Waals surface area (Å²) in [5.74, 6) is 0.551. The summed E-state index contributed by atoms with van der Waals surface area (Å²) in [6.07, 6.45) is 0. The molecule has 0 radical (unpaired) electrons. The van der Waals surface area contributed by atoms with E-state index in [1.807, 2.05) is 18.0 Å². The summed E-state index contributed by atoms with van der Waals surface area (Å²) in [6.45, 7) is 0.708. The topological polar surface area (TPSA) is 41.6 Å². The molecule has 0 aliphatic carbocycles. The number of carbonyl (C=O) groups is 1. The minimum Gasteiger partial charge on any atom is -0.496 e. The number of ether oxygens (including phenoxy) is 1. The van der Waals surface area contributed by atoms with E-state index in [1.54, 1.807) is 37.4 Å². The molecule has 4 nitrogen and oxygen atoms in total. The summed E-state index contributed by atoms with van der Waals surface area (Å²) in [7, 11) is 3.44. The standard InChI is InChI=1S/C17H17Cl3N2O2/c1-22(9-11-7-12(18)4-6-16(11)24-2)10-17(23)21-15-5-3-13(19)8-14(15)20/h3-8H,9-10H2,1-2H3,(H,21,23). The summed E-state index contributed by atoms with van der Waals surface area (Å²) in [4.78, 5) is 14.0. The zero-order valence-electron chi connectivity index (χ0n) is 13.3. The molecule has 7 heteroatoms. The van der Waals surface area contributed by atoms with Crippen LogP contribution in [0, 0.1) is 0 Å². The first-order chi connectivity index (χ1) is 11.4. The Kier molecular flexibility index (Phi) is 6.75. The number of halogens is 3. The molecule has 2 aromatic carbocycles. The maximum absolute atomic E-state index is 12.2. The summed E-state index contributed by atoms with van der Waals surface area (Å²) in [6, 6.07) is 10.3. The molecule has 1 N–H and O–H groups in total. The van der Waals surface area contributed by atoms with Crippen LogP contribution in [0.25, 0.3) is 0 Å². The number of nitrogens with zero attached hydrogens (tertiary/aromatic N) is 1. The van der Waals surface area contributed by atoms with Crippen LogP contribution < -0.4 is 10.1 Å². The molecule has 1 amide bonds. The van der Waals surface area contributed by atoms with E-state index in [0.29, 0.717) is 27.3 Å². The van der Waals surface area contributed by atoms with Gasteiger partial charge in [0.05, 0.1) is 24.4 Å². The van der Waals surface area contributed by atoms with E-state index in [4.69, 9.17) is 39.5 Å². The number of hydrogen-bond acceptors (Lipinski definition) is 3. The molecule has 0 unspecified atom stereocenters. The van der Waals surface area contributed by atoms with Gasteiger partial charge in [-0.3, -0.25) is 9.69 Å². The lowest BCUT2D eigenvalue weighted by Crippen LogP contribution is -2.30. The van der Waals surface area contributed by atoms with Gasteiger partial charge >= 0.3 is 0 Å². The first kappa shape index (κ1) is 18.9. The molecule has 24 heavy (non-hydrogen) atoms. The number of benzene rings is 2. The van der Waals surface area contributed by atoms with Crippen molar-refractivity contribution in [3.05, 3.63) is 57.0 Å². The molecular formula is C17H17Cl3N2O2. The second-order valence-corrected chi connectivity index (χ2v) is 6.58. The fraction of sp³-hybridized carbons (Fsp3) is 0.235. The quantitative estimate of drug-likeness (QED) is 0.779. The third-order valence-corrected chi connectivity index (χ3v) is 4.08. The Bertz CT molecular complexity index is 738. The average molecular weight is 388 g/mol. The molecule has 0 spiro atoms. The van der Waals surface area contributed by atoms with Gasteiger partial charge in [-0.15, -0.1) is 0 Å². The first-order valence-corrected chi connectivity index (χ1v) is 8.28. The lowest BCUT2D eigenvalue weighted by atomic mass is 10.2. The van der Waals surface area contributed by atoms with Crippen molar-refractivity contribution in [2.24, 2.45) is 0 Å². The van der Waals surface area contributed by atoms with E-state index in [2.05, 4.69) is 5.32 Å². The lowest BCUT2D eigenvalue weighted by Gasteiger charge is -2.18. The zero-order chi connectivity index (χ0) is 17.7. The molecule has 2 rings (SSSR count). The summed E-state index contributed by atoms with van der Waals surface area (Å²) < 4.78 is 5.31. The Balaban J connectivity index is 1.98. The molecule has 128 valence electrons. The van der Waals surface area contributed by atoms with E-state index < -0.39 is 0 Å². The molecule has 0 saturated heterocycles. The Morgan fingerprint density at radius 2 is 1.79 bits per heavy atom. The van der Waals surface area contributed by atoms with E-state index in [0.717, 1.165) is 11.3 Å². The highest BCUT2D eigenvalue weighted by Gasteiger charge is 2.12. The van der Waals surface area contributed by atoms with Crippen LogP contribution in [0.5, 0.6) is 5.75 Å². The third-order valence-electron chi connectivity index (χ3n) is 3.30. The first-order valence-electron chi connectivity index (χ1n) is 7.15. The molecule has 0 heterocycles. The molecule has 0 aromatic heterocycles. The largest absolute Gasteiger partial charge is 0.496 e. The second-order valence-electron chi connectivity index (χ2n) is 5.30. The minimum absolute atomic E-state index is 0.178. The van der Waals surface area contributed by atoms with Crippen LogP contribution in [0.15, 0.2) is 36.4 Å². The van der Waals surface area contributed by atoms with Crippen molar-refractivity contribution in [1.29, 1.82) is 0 Å². The number of methoxy groups -OCH3 is 1. The number of carbonyl (C=O) groups excluding carboxylic acids is 1. The molecular weight excluding hydrogens is 371 g/mol. The Labute approximate surface area is 156 Å². The molecule has 0 fully saturated rings. The van der Waals surface area contributed by atoms with Gasteiger partial charge in [-0.25, -0.2) is 0 Å². The summed E-state index contributed by atoms with van der Waals surface area (Å²) >= 11 is 17.9. The van der Waals surface area contributed by atoms with Gasteiger partial charge in [0, 0.05) is 22.2 Å². The maximum Gasteiger partial charge on any atom is 0.238 e. The normalized spacial score (nSPS) is 10.8. The number of amides is 1. The Morgan fingerprint density at radius 1 is 1.12 bits per heavy atom. The van der Waals surface area contributed by atoms with Gasteiger partial charge in [0.25, 0.3) is 0 Å². The van der Waals surface area contributed by atoms with Crippen molar-refractivity contribution >= 4 is 46.4 Å². The predicted molar refractivity (Wildman–Crippen MR) is 99.4 cm³/mol. The smallest absolute Gasteiger partial charge is 0.238 e. The van der Waals surface area contributed by atoms with Gasteiger partial charge in [-0.2, -0.15) is 0 Å². The van der Waals surface area contributed by atoms with Gasteiger partial charge in [-0.05, 0) is 43.4 Å². The lowest BCUT2D eigenvalue weighted by molar-refractivity contribution is -0.117. The fourth-order valence-electron chi connectivity index (χ4n) is 2.24. The number of hydrogen-bond donors (Lipinski definition) is 1. The van der Waals surface area contributed by atoms with E-state index in [1.165, 1.54) is 0 Å². The molecule has 0 bridgehead atoms. The average Bonchev–Trinajstić information content (AvgIpc) is 2.50. The third kappa shape index (κ3) is 5.28. The summed E-state index contributed by atoms with van der Waals surface area (Å²) in [5, 5.41) is 4.30. The van der Waals surface area contributed by atoms with Gasteiger partial charge in [0.2, 0.25) is 5.91 Å². The van der Waals surface area contributed by atoms with Crippen LogP contribution in [0.1, 0.15) is 5.56 Å². The van der Waals surface area contributed by atoms with E-state index >= 15 is 0 Å². The molecule has 0 aliphatic rings. The number of anilines is 1. The SMILES string of the molecule is COc1ccc(Cl)cc1CN(C)CC(=O)Nc1ccc(Cl)cc1Cl. The van der Waals surface area contributed by atoms with Gasteiger partial charge in [0.15, 0.2) is 0 Å². The van der Waals surface area contributed by atoms with E-state index in [9.17, 15) is 4.79 Å². The molecule has 0 aliphatic heterocycles. The van der Waals surface area contributed by atoms with Crippen LogP contribution in [0.4, 0.5) is 5.69 Å². The second kappa shape index (κ2) is 8.58. The van der Waals surface area contributed by atoms with Crippen molar-refractivity contribution in [1.82, 2.24) is 4.90 Å². The number of nitrogens with one attached hydrogen (secondary N) is 1. The maximum atomic E-state index is 12.2. The van der Waals surface area contributed by atoms with Crippen LogP contribution in [-0.4, -0.2) is 31.5 Å². The van der Waals surface area contributed by atoms with Crippen LogP contribution in [-0.2, 0) is 11.3 Å². The minimum atomic E-state index is -0.178. The zero-order valence-corrected chi connectivity index (χ0v) is 15.5. The van der Waals surface area contributed by atoms with Crippen molar-refractivity contribution in [3.8, 4) is 5.75 Å². The highest BCUT2D eigenvalue weighted by molar-refractivity contribution is 6.36. The van der Waals surface area contributed by atoms with Crippen molar-refractivity contribution in [2.75, 3.05) is 26.0 Å². The predicted octanol–water partition coefficient (Wildman–Crippen LogP) is 4.73. The van der Waals surface area contributed by atoms with Crippen LogP contribution in [0.3, 0.4) is 0 Å². The van der Waals surface area contributed by atoms with Gasteiger partial charge in [-0.1, -0.05) is 34.8 Å². The van der Waals surface area contributed by atoms with Crippen LogP contribution >= 0.6 is 34.8 Å². The van der Waals surface area contributed by atoms with E-state index in [-0.39, 0.29) is 12.5 Å². The fourth-order valence-corrected chi connectivity index (χ4v) is 2.89. The Hall–Kier alpha value is -1.46. The van der Waals surface area contributed by atoms with Crippen molar-refractivity contribution in [2.45, 2.75) is 6.54 Å². The molecule has 0 atom stereocenters. The van der Waals surface area contributed by atoms with Crippen LogP contribution in [0.2, 0.25) is 15.1 Å².